The molecule has 0 aliphatic carbocycles. The second-order valence-corrected chi connectivity index (χ2v) is 4.50. The van der Waals surface area contributed by atoms with Crippen molar-refractivity contribution in [2.24, 2.45) is 0 Å². The molecule has 0 aromatic heterocycles. The Balaban J connectivity index is 2.68. The summed E-state index contributed by atoms with van der Waals surface area (Å²) in [6.07, 6.45) is 4.13. The highest BCUT2D eigenvalue weighted by molar-refractivity contribution is 14.1. The molecular formula is C12H16IN. The fourth-order valence-corrected chi connectivity index (χ4v) is 1.82. The Labute approximate surface area is 99.7 Å². The molecule has 0 saturated carbocycles. The fraction of sp³-hybridized carbons (Fsp3) is 0.333. The highest BCUT2D eigenvalue weighted by atomic mass is 127. The lowest BCUT2D eigenvalue weighted by atomic mass is 10.0. The highest BCUT2D eigenvalue weighted by Crippen LogP contribution is 2.19. The predicted molar refractivity (Wildman–Crippen MR) is 70.4 cm³/mol. The van der Waals surface area contributed by atoms with Gasteiger partial charge < -0.3 is 5.32 Å². The third kappa shape index (κ3) is 3.42. The quantitative estimate of drug-likeness (QED) is 0.648. The summed E-state index contributed by atoms with van der Waals surface area (Å²) >= 11 is 2.32. The first-order valence-corrected chi connectivity index (χ1v) is 5.89. The largest absolute Gasteiger partial charge is 0.313 e. The molecule has 0 fully saturated rings. The van der Waals surface area contributed by atoms with E-state index in [2.05, 4.69) is 58.8 Å². The first kappa shape index (κ1) is 11.7. The minimum absolute atomic E-state index is 0.449. The molecule has 1 N–H and O–H groups in total. The van der Waals surface area contributed by atoms with Crippen LogP contribution in [0.25, 0.3) is 0 Å². The van der Waals surface area contributed by atoms with Gasteiger partial charge >= 0.3 is 0 Å². The van der Waals surface area contributed by atoms with E-state index in [0.717, 1.165) is 12.8 Å². The minimum Gasteiger partial charge on any atom is -0.313 e. The van der Waals surface area contributed by atoms with Crippen LogP contribution in [-0.4, -0.2) is 7.05 Å². The average Bonchev–Trinajstić information content (AvgIpc) is 2.21. The summed E-state index contributed by atoms with van der Waals surface area (Å²) < 4.78 is 1.28. The number of allylic oxidation sites excluding steroid dienone is 1. The summed E-state index contributed by atoms with van der Waals surface area (Å²) in [5.74, 6) is 0. The number of halogens is 1. The van der Waals surface area contributed by atoms with Crippen molar-refractivity contribution in [2.75, 3.05) is 7.05 Å². The van der Waals surface area contributed by atoms with Gasteiger partial charge in [0.05, 0.1) is 0 Å². The van der Waals surface area contributed by atoms with Crippen molar-refractivity contribution >= 4 is 22.6 Å². The molecule has 14 heavy (non-hydrogen) atoms. The van der Waals surface area contributed by atoms with Gasteiger partial charge in [-0.15, -0.1) is 6.58 Å². The van der Waals surface area contributed by atoms with Gasteiger partial charge in [-0.1, -0.05) is 18.2 Å². The van der Waals surface area contributed by atoms with E-state index < -0.39 is 0 Å². The van der Waals surface area contributed by atoms with Crippen LogP contribution in [0, 0.1) is 3.57 Å². The Kier molecular flexibility index (Phi) is 5.19. The number of rotatable bonds is 5. The average molecular weight is 301 g/mol. The van der Waals surface area contributed by atoms with Gasteiger partial charge in [0.1, 0.15) is 0 Å². The maximum Gasteiger partial charge on any atom is 0.0320 e. The summed E-state index contributed by atoms with van der Waals surface area (Å²) in [5.41, 5.74) is 1.36. The van der Waals surface area contributed by atoms with Crippen molar-refractivity contribution < 1.29 is 0 Å². The van der Waals surface area contributed by atoms with Crippen LogP contribution < -0.4 is 5.32 Å². The van der Waals surface area contributed by atoms with E-state index in [1.165, 1.54) is 9.13 Å². The molecule has 1 atom stereocenters. The fourth-order valence-electron chi connectivity index (χ4n) is 1.46. The highest BCUT2D eigenvalue weighted by Gasteiger charge is 2.06. The number of nitrogens with one attached hydrogen (secondary N) is 1. The van der Waals surface area contributed by atoms with Crippen molar-refractivity contribution in [1.82, 2.24) is 5.32 Å². The number of hydrogen-bond acceptors (Lipinski definition) is 1. The Morgan fingerprint density at radius 3 is 2.57 bits per heavy atom. The molecular weight excluding hydrogens is 285 g/mol. The standard InChI is InChI=1S/C12H16IN/c1-3-4-5-12(14-2)10-6-8-11(13)9-7-10/h3,6-9,12,14H,1,4-5H2,2H3. The van der Waals surface area contributed by atoms with Crippen molar-refractivity contribution in [3.63, 3.8) is 0 Å². The van der Waals surface area contributed by atoms with Crippen LogP contribution in [0.3, 0.4) is 0 Å². The van der Waals surface area contributed by atoms with Gasteiger partial charge in [0.15, 0.2) is 0 Å². The molecule has 0 radical (unpaired) electrons. The third-order valence-electron chi connectivity index (χ3n) is 2.28. The molecule has 1 rings (SSSR count). The third-order valence-corrected chi connectivity index (χ3v) is 3.00. The molecule has 0 spiro atoms. The van der Waals surface area contributed by atoms with Crippen molar-refractivity contribution in [3.8, 4) is 0 Å². The minimum atomic E-state index is 0.449. The van der Waals surface area contributed by atoms with E-state index in [9.17, 15) is 0 Å². The maximum atomic E-state index is 3.75. The van der Waals surface area contributed by atoms with Crippen LogP contribution in [0.1, 0.15) is 24.4 Å². The van der Waals surface area contributed by atoms with Crippen molar-refractivity contribution in [1.29, 1.82) is 0 Å². The number of benzene rings is 1. The number of hydrogen-bond donors (Lipinski definition) is 1. The molecule has 0 aliphatic rings. The smallest absolute Gasteiger partial charge is 0.0320 e. The van der Waals surface area contributed by atoms with Gasteiger partial charge in [-0.05, 0) is 60.2 Å². The van der Waals surface area contributed by atoms with Gasteiger partial charge in [-0.2, -0.15) is 0 Å². The molecule has 1 aromatic rings. The van der Waals surface area contributed by atoms with Gasteiger partial charge in [-0.25, -0.2) is 0 Å². The van der Waals surface area contributed by atoms with Gasteiger partial charge in [0.2, 0.25) is 0 Å². The summed E-state index contributed by atoms with van der Waals surface area (Å²) in [6, 6.07) is 9.12. The van der Waals surface area contributed by atoms with E-state index >= 15 is 0 Å². The molecule has 0 bridgehead atoms. The molecule has 2 heteroatoms. The molecule has 1 nitrogen and oxygen atoms in total. The van der Waals surface area contributed by atoms with E-state index in [4.69, 9.17) is 0 Å². The Bertz CT molecular complexity index is 279. The van der Waals surface area contributed by atoms with Crippen LogP contribution in [0.4, 0.5) is 0 Å². The molecule has 0 aliphatic heterocycles. The Hall–Kier alpha value is -0.350. The van der Waals surface area contributed by atoms with E-state index in [-0.39, 0.29) is 0 Å². The molecule has 1 unspecified atom stereocenters. The molecule has 0 amide bonds. The monoisotopic (exact) mass is 301 g/mol. The zero-order valence-corrected chi connectivity index (χ0v) is 10.6. The lowest BCUT2D eigenvalue weighted by molar-refractivity contribution is 0.555. The zero-order chi connectivity index (χ0) is 10.4. The van der Waals surface area contributed by atoms with Crippen molar-refractivity contribution in [3.05, 3.63) is 46.1 Å². The Morgan fingerprint density at radius 2 is 2.07 bits per heavy atom. The van der Waals surface area contributed by atoms with Crippen LogP contribution in [0.2, 0.25) is 0 Å². The van der Waals surface area contributed by atoms with Crippen LogP contribution in [0.15, 0.2) is 36.9 Å². The normalized spacial score (nSPS) is 12.4. The van der Waals surface area contributed by atoms with Crippen LogP contribution in [0.5, 0.6) is 0 Å². The lowest BCUT2D eigenvalue weighted by Crippen LogP contribution is -2.15. The summed E-state index contributed by atoms with van der Waals surface area (Å²) in [6.45, 7) is 3.75. The maximum absolute atomic E-state index is 3.75. The van der Waals surface area contributed by atoms with Gasteiger partial charge in [-0.3, -0.25) is 0 Å². The second-order valence-electron chi connectivity index (χ2n) is 3.26. The van der Waals surface area contributed by atoms with Gasteiger partial charge in [0.25, 0.3) is 0 Å². The Morgan fingerprint density at radius 1 is 1.43 bits per heavy atom. The molecule has 0 saturated heterocycles. The first-order chi connectivity index (χ1) is 6.77. The van der Waals surface area contributed by atoms with Crippen LogP contribution >= 0.6 is 22.6 Å². The lowest BCUT2D eigenvalue weighted by Gasteiger charge is -2.15. The first-order valence-electron chi connectivity index (χ1n) is 4.81. The molecule has 76 valence electrons. The zero-order valence-electron chi connectivity index (χ0n) is 8.46. The topological polar surface area (TPSA) is 12.0 Å². The van der Waals surface area contributed by atoms with E-state index in [0.29, 0.717) is 6.04 Å². The van der Waals surface area contributed by atoms with Crippen molar-refractivity contribution in [2.45, 2.75) is 18.9 Å². The van der Waals surface area contributed by atoms with E-state index in [1.807, 2.05) is 13.1 Å². The second kappa shape index (κ2) is 6.19. The molecule has 1 aromatic carbocycles. The summed E-state index contributed by atoms with van der Waals surface area (Å²) in [7, 11) is 2.01. The SMILES string of the molecule is C=CCCC(NC)c1ccc(I)cc1. The van der Waals surface area contributed by atoms with Crippen LogP contribution in [-0.2, 0) is 0 Å². The van der Waals surface area contributed by atoms with E-state index in [1.54, 1.807) is 0 Å². The summed E-state index contributed by atoms with van der Waals surface area (Å²) in [5, 5.41) is 3.32. The molecule has 0 heterocycles. The van der Waals surface area contributed by atoms with Gasteiger partial charge in [0, 0.05) is 9.61 Å². The summed E-state index contributed by atoms with van der Waals surface area (Å²) in [4.78, 5) is 0. The predicted octanol–water partition coefficient (Wildman–Crippen LogP) is 3.52.